The smallest absolute Gasteiger partial charge is 0.328 e. The fourth-order valence-corrected chi connectivity index (χ4v) is 1.08. The van der Waals surface area contributed by atoms with Crippen molar-refractivity contribution in [2.24, 2.45) is 0 Å². The predicted octanol–water partition coefficient (Wildman–Crippen LogP) is 1.89. The summed E-state index contributed by atoms with van der Waals surface area (Å²) in [6, 6.07) is 4.72. The van der Waals surface area contributed by atoms with Crippen LogP contribution in [-0.2, 0) is 4.79 Å². The van der Waals surface area contributed by atoms with Gasteiger partial charge in [-0.2, -0.15) is 0 Å². The summed E-state index contributed by atoms with van der Waals surface area (Å²) in [6.45, 7) is 2.29. The van der Waals surface area contributed by atoms with Crippen molar-refractivity contribution in [1.82, 2.24) is 0 Å². The number of rotatable bonds is 4. The first-order valence-corrected chi connectivity index (χ1v) is 4.50. The second-order valence-electron chi connectivity index (χ2n) is 2.83. The van der Waals surface area contributed by atoms with Crippen LogP contribution in [0.2, 0.25) is 0 Å². The van der Waals surface area contributed by atoms with Crippen molar-refractivity contribution in [2.45, 2.75) is 6.92 Å². The number of carboxylic acids is 1. The Kier molecular flexibility index (Phi) is 3.74. The number of phenols is 1. The number of ether oxygens (including phenoxy) is 1. The molecular formula is C11H12O4. The van der Waals surface area contributed by atoms with Gasteiger partial charge in [0.25, 0.3) is 0 Å². The fraction of sp³-hybridized carbons (Fsp3) is 0.182. The van der Waals surface area contributed by atoms with Gasteiger partial charge in [-0.25, -0.2) is 4.79 Å². The van der Waals surface area contributed by atoms with Gasteiger partial charge in [-0.15, -0.1) is 0 Å². The zero-order chi connectivity index (χ0) is 11.3. The number of phenolic OH excluding ortho intramolecular Hbond substituents is 1. The molecule has 0 radical (unpaired) electrons. The molecule has 0 aliphatic rings. The fourth-order valence-electron chi connectivity index (χ4n) is 1.08. The molecule has 0 heterocycles. The van der Waals surface area contributed by atoms with Crippen LogP contribution in [0.3, 0.4) is 0 Å². The normalized spacial score (nSPS) is 10.5. The van der Waals surface area contributed by atoms with Crippen LogP contribution < -0.4 is 4.74 Å². The Morgan fingerprint density at radius 3 is 2.80 bits per heavy atom. The van der Waals surface area contributed by atoms with E-state index in [1.54, 1.807) is 12.1 Å². The molecule has 15 heavy (non-hydrogen) atoms. The molecule has 0 unspecified atom stereocenters. The van der Waals surface area contributed by atoms with Crippen LogP contribution in [0.15, 0.2) is 24.3 Å². The molecule has 4 heteroatoms. The molecule has 0 aromatic heterocycles. The van der Waals surface area contributed by atoms with Gasteiger partial charge < -0.3 is 14.9 Å². The van der Waals surface area contributed by atoms with Gasteiger partial charge in [0.1, 0.15) is 0 Å². The van der Waals surface area contributed by atoms with E-state index in [0.717, 1.165) is 6.08 Å². The number of benzene rings is 1. The number of aromatic hydroxyl groups is 1. The number of hydrogen-bond donors (Lipinski definition) is 2. The van der Waals surface area contributed by atoms with Crippen molar-refractivity contribution in [1.29, 1.82) is 0 Å². The van der Waals surface area contributed by atoms with Gasteiger partial charge in [0.15, 0.2) is 11.5 Å². The molecule has 1 aromatic rings. The van der Waals surface area contributed by atoms with Gasteiger partial charge in [-0.05, 0) is 30.7 Å². The monoisotopic (exact) mass is 208 g/mol. The summed E-state index contributed by atoms with van der Waals surface area (Å²) in [6.07, 6.45) is 2.41. The Hall–Kier alpha value is -1.97. The molecule has 2 N–H and O–H groups in total. The maximum absolute atomic E-state index is 10.3. The number of aliphatic carboxylic acids is 1. The topological polar surface area (TPSA) is 66.8 Å². The highest BCUT2D eigenvalue weighted by molar-refractivity contribution is 5.85. The molecule has 1 aromatic carbocycles. The Morgan fingerprint density at radius 2 is 2.27 bits per heavy atom. The lowest BCUT2D eigenvalue weighted by molar-refractivity contribution is -0.131. The van der Waals surface area contributed by atoms with E-state index in [4.69, 9.17) is 9.84 Å². The lowest BCUT2D eigenvalue weighted by Gasteiger charge is -2.05. The first-order valence-electron chi connectivity index (χ1n) is 4.50. The third-order valence-corrected chi connectivity index (χ3v) is 1.70. The molecule has 0 amide bonds. The lowest BCUT2D eigenvalue weighted by Crippen LogP contribution is -1.91. The predicted molar refractivity (Wildman–Crippen MR) is 55.9 cm³/mol. The highest BCUT2D eigenvalue weighted by atomic mass is 16.5. The van der Waals surface area contributed by atoms with E-state index in [1.807, 2.05) is 6.92 Å². The van der Waals surface area contributed by atoms with Crippen LogP contribution in [0.4, 0.5) is 0 Å². The van der Waals surface area contributed by atoms with E-state index < -0.39 is 5.97 Å². The van der Waals surface area contributed by atoms with Crippen LogP contribution in [0.5, 0.6) is 11.5 Å². The summed E-state index contributed by atoms with van der Waals surface area (Å²) >= 11 is 0. The summed E-state index contributed by atoms with van der Waals surface area (Å²) in [7, 11) is 0. The second-order valence-corrected chi connectivity index (χ2v) is 2.83. The Balaban J connectivity index is 2.86. The standard InChI is InChI=1S/C11H12O4/c1-2-15-10-5-3-8(7-9(10)12)4-6-11(13)14/h3-7,12H,2H2,1H3,(H,13,14)/b6-4+. The molecule has 1 rings (SSSR count). The molecule has 0 spiro atoms. The summed E-state index contributed by atoms with van der Waals surface area (Å²) < 4.78 is 5.13. The summed E-state index contributed by atoms with van der Waals surface area (Å²) in [5, 5.41) is 17.9. The highest BCUT2D eigenvalue weighted by Crippen LogP contribution is 2.27. The largest absolute Gasteiger partial charge is 0.504 e. The van der Waals surface area contributed by atoms with Crippen LogP contribution in [0, 0.1) is 0 Å². The summed E-state index contributed by atoms with van der Waals surface area (Å²) in [5.74, 6) is -0.627. The summed E-state index contributed by atoms with van der Waals surface area (Å²) in [4.78, 5) is 10.3. The average molecular weight is 208 g/mol. The van der Waals surface area contributed by atoms with Crippen molar-refractivity contribution < 1.29 is 19.7 Å². The maximum atomic E-state index is 10.3. The zero-order valence-corrected chi connectivity index (χ0v) is 8.30. The third kappa shape index (κ3) is 3.34. The van der Waals surface area contributed by atoms with Gasteiger partial charge in [0.2, 0.25) is 0 Å². The van der Waals surface area contributed by atoms with E-state index >= 15 is 0 Å². The van der Waals surface area contributed by atoms with Crippen LogP contribution in [-0.4, -0.2) is 22.8 Å². The molecule has 0 saturated heterocycles. The Morgan fingerprint density at radius 1 is 1.53 bits per heavy atom. The van der Waals surface area contributed by atoms with Crippen molar-refractivity contribution in [3.05, 3.63) is 29.8 Å². The van der Waals surface area contributed by atoms with E-state index in [9.17, 15) is 9.90 Å². The molecule has 0 aliphatic heterocycles. The first kappa shape index (κ1) is 11.1. The van der Waals surface area contributed by atoms with E-state index in [-0.39, 0.29) is 5.75 Å². The Labute approximate surface area is 87.4 Å². The number of carbonyl (C=O) groups is 1. The molecule has 0 atom stereocenters. The number of hydrogen-bond acceptors (Lipinski definition) is 3. The minimum Gasteiger partial charge on any atom is -0.504 e. The zero-order valence-electron chi connectivity index (χ0n) is 8.30. The molecule has 0 saturated carbocycles. The SMILES string of the molecule is CCOc1ccc(/C=C/C(=O)O)cc1O. The Bertz CT molecular complexity index is 382. The lowest BCUT2D eigenvalue weighted by atomic mass is 10.2. The van der Waals surface area contributed by atoms with Gasteiger partial charge in [-0.1, -0.05) is 6.07 Å². The molecule has 80 valence electrons. The quantitative estimate of drug-likeness (QED) is 0.741. The van der Waals surface area contributed by atoms with Gasteiger partial charge in [-0.3, -0.25) is 0 Å². The van der Waals surface area contributed by atoms with Crippen molar-refractivity contribution in [3.63, 3.8) is 0 Å². The minimum absolute atomic E-state index is 0.00406. The van der Waals surface area contributed by atoms with Gasteiger partial charge in [0, 0.05) is 6.08 Å². The maximum Gasteiger partial charge on any atom is 0.328 e. The molecular weight excluding hydrogens is 196 g/mol. The van der Waals surface area contributed by atoms with Crippen molar-refractivity contribution in [3.8, 4) is 11.5 Å². The minimum atomic E-state index is -1.02. The van der Waals surface area contributed by atoms with Crippen molar-refractivity contribution >= 4 is 12.0 Å². The van der Waals surface area contributed by atoms with Gasteiger partial charge >= 0.3 is 5.97 Å². The molecule has 0 bridgehead atoms. The highest BCUT2D eigenvalue weighted by Gasteiger charge is 2.01. The first-order chi connectivity index (χ1) is 7.13. The van der Waals surface area contributed by atoms with Crippen LogP contribution >= 0.6 is 0 Å². The summed E-state index contributed by atoms with van der Waals surface area (Å²) in [5.41, 5.74) is 0.610. The van der Waals surface area contributed by atoms with Gasteiger partial charge in [0.05, 0.1) is 6.61 Å². The molecule has 4 nitrogen and oxygen atoms in total. The average Bonchev–Trinajstić information content (AvgIpc) is 2.19. The van der Waals surface area contributed by atoms with Crippen molar-refractivity contribution in [2.75, 3.05) is 6.61 Å². The third-order valence-electron chi connectivity index (χ3n) is 1.70. The van der Waals surface area contributed by atoms with E-state index in [0.29, 0.717) is 17.9 Å². The van der Waals surface area contributed by atoms with Crippen LogP contribution in [0.1, 0.15) is 12.5 Å². The van der Waals surface area contributed by atoms with Crippen LogP contribution in [0.25, 0.3) is 6.08 Å². The second kappa shape index (κ2) is 5.05. The van der Waals surface area contributed by atoms with E-state index in [1.165, 1.54) is 12.1 Å². The number of carboxylic acid groups (broad SMARTS) is 1. The van der Waals surface area contributed by atoms with E-state index in [2.05, 4.69) is 0 Å². The molecule has 0 fully saturated rings. The molecule has 0 aliphatic carbocycles.